The Bertz CT molecular complexity index is 1130. The third-order valence-electron chi connectivity index (χ3n) is 4.96. The van der Waals surface area contributed by atoms with Gasteiger partial charge in [-0.15, -0.1) is 0 Å². The second kappa shape index (κ2) is 9.31. The number of carbonyl (C=O) groups is 1. The van der Waals surface area contributed by atoms with Crippen LogP contribution in [0.2, 0.25) is 0 Å². The highest BCUT2D eigenvalue weighted by molar-refractivity contribution is 5.89. The van der Waals surface area contributed by atoms with E-state index in [4.69, 9.17) is 9.47 Å². The van der Waals surface area contributed by atoms with E-state index < -0.39 is 0 Å². The minimum atomic E-state index is -0.271. The van der Waals surface area contributed by atoms with Gasteiger partial charge in [0.25, 0.3) is 0 Å². The lowest BCUT2D eigenvalue weighted by Crippen LogP contribution is -2.07. The molecule has 0 fully saturated rings. The van der Waals surface area contributed by atoms with Crippen LogP contribution in [0.1, 0.15) is 34.8 Å². The maximum atomic E-state index is 12.2. The number of aromatic nitrogens is 1. The van der Waals surface area contributed by atoms with Crippen molar-refractivity contribution in [1.29, 1.82) is 0 Å². The van der Waals surface area contributed by atoms with Crippen LogP contribution in [0.15, 0.2) is 85.1 Å². The van der Waals surface area contributed by atoms with Gasteiger partial charge in [0.05, 0.1) is 17.7 Å². The van der Waals surface area contributed by atoms with E-state index in [9.17, 15) is 4.79 Å². The third kappa shape index (κ3) is 4.54. The molecule has 0 spiro atoms. The zero-order valence-corrected chi connectivity index (χ0v) is 17.1. The van der Waals surface area contributed by atoms with Gasteiger partial charge in [-0.3, -0.25) is 0 Å². The van der Waals surface area contributed by atoms with Crippen LogP contribution in [0.3, 0.4) is 0 Å². The Kier molecular flexibility index (Phi) is 6.14. The fourth-order valence-electron chi connectivity index (χ4n) is 3.47. The molecule has 0 N–H and O–H groups in total. The molecule has 0 aliphatic carbocycles. The molecular weight excluding hydrogens is 374 g/mol. The molecule has 0 aliphatic rings. The highest BCUT2D eigenvalue weighted by Gasteiger charge is 2.10. The first kappa shape index (κ1) is 19.8. The number of esters is 1. The molecule has 1 heterocycles. The van der Waals surface area contributed by atoms with E-state index >= 15 is 0 Å². The van der Waals surface area contributed by atoms with Crippen LogP contribution in [-0.4, -0.2) is 17.1 Å². The fraction of sp³-hybridized carbons (Fsp3) is 0.192. The first-order valence-corrected chi connectivity index (χ1v) is 10.3. The van der Waals surface area contributed by atoms with Crippen LogP contribution in [0, 0.1) is 0 Å². The fourth-order valence-corrected chi connectivity index (χ4v) is 3.47. The van der Waals surface area contributed by atoms with Gasteiger partial charge in [-0.1, -0.05) is 55.5 Å². The number of hydrogen-bond acceptors (Lipinski definition) is 3. The molecule has 1 aromatic heterocycles. The molecule has 4 rings (SSSR count). The van der Waals surface area contributed by atoms with Gasteiger partial charge in [-0.2, -0.15) is 0 Å². The molecule has 0 unspecified atom stereocenters. The lowest BCUT2D eigenvalue weighted by atomic mass is 10.1. The first-order valence-electron chi connectivity index (χ1n) is 10.3. The first-order chi connectivity index (χ1) is 14.7. The minimum absolute atomic E-state index is 0.271. The molecule has 0 atom stereocenters. The van der Waals surface area contributed by atoms with Crippen molar-refractivity contribution in [3.8, 4) is 5.75 Å². The van der Waals surface area contributed by atoms with Crippen molar-refractivity contribution >= 4 is 16.9 Å². The van der Waals surface area contributed by atoms with Crippen LogP contribution in [0.5, 0.6) is 5.75 Å². The molecular formula is C26H25NO3. The smallest absolute Gasteiger partial charge is 0.338 e. The molecule has 0 aliphatic heterocycles. The number of fused-ring (bicyclic) bond motifs is 1. The Morgan fingerprint density at radius 3 is 2.53 bits per heavy atom. The van der Waals surface area contributed by atoms with E-state index in [0.29, 0.717) is 25.3 Å². The van der Waals surface area contributed by atoms with Crippen LogP contribution in [-0.2, 0) is 17.9 Å². The lowest BCUT2D eigenvalue weighted by Gasteiger charge is -2.10. The summed E-state index contributed by atoms with van der Waals surface area (Å²) < 4.78 is 13.5. The average molecular weight is 399 g/mol. The summed E-state index contributed by atoms with van der Waals surface area (Å²) >= 11 is 0. The van der Waals surface area contributed by atoms with E-state index in [1.807, 2.05) is 55.5 Å². The van der Waals surface area contributed by atoms with Crippen LogP contribution < -0.4 is 4.74 Å². The topological polar surface area (TPSA) is 40.5 Å². The number of carbonyl (C=O) groups excluding carboxylic acids is 1. The predicted octanol–water partition coefficient (Wildman–Crippen LogP) is 5.84. The van der Waals surface area contributed by atoms with Crippen molar-refractivity contribution < 1.29 is 14.3 Å². The van der Waals surface area contributed by atoms with Crippen LogP contribution >= 0.6 is 0 Å². The summed E-state index contributed by atoms with van der Waals surface area (Å²) in [4.78, 5) is 12.2. The number of rotatable bonds is 8. The summed E-state index contributed by atoms with van der Waals surface area (Å²) in [5.41, 5.74) is 3.87. The van der Waals surface area contributed by atoms with Gasteiger partial charge in [-0.05, 0) is 47.9 Å². The maximum absolute atomic E-state index is 12.2. The predicted molar refractivity (Wildman–Crippen MR) is 119 cm³/mol. The zero-order chi connectivity index (χ0) is 20.8. The summed E-state index contributed by atoms with van der Waals surface area (Å²) in [5, 5.41) is 1.08. The Hall–Kier alpha value is -3.53. The molecule has 0 saturated carbocycles. The second-order valence-corrected chi connectivity index (χ2v) is 7.24. The van der Waals surface area contributed by atoms with E-state index in [1.165, 1.54) is 0 Å². The largest absolute Gasteiger partial charge is 0.488 e. The zero-order valence-electron chi connectivity index (χ0n) is 17.1. The van der Waals surface area contributed by atoms with Gasteiger partial charge in [0.1, 0.15) is 12.4 Å². The second-order valence-electron chi connectivity index (χ2n) is 7.24. The Labute approximate surface area is 176 Å². The average Bonchev–Trinajstić information content (AvgIpc) is 3.20. The highest BCUT2D eigenvalue weighted by Crippen LogP contribution is 2.28. The van der Waals surface area contributed by atoms with Crippen LogP contribution in [0.4, 0.5) is 0 Å². The Balaban J connectivity index is 1.52. The normalized spacial score (nSPS) is 10.8. The van der Waals surface area contributed by atoms with E-state index in [-0.39, 0.29) is 5.97 Å². The van der Waals surface area contributed by atoms with Gasteiger partial charge in [-0.25, -0.2) is 4.79 Å². The van der Waals surface area contributed by atoms with Crippen molar-refractivity contribution in [2.24, 2.45) is 0 Å². The van der Waals surface area contributed by atoms with E-state index in [0.717, 1.165) is 34.2 Å². The minimum Gasteiger partial charge on any atom is -0.488 e. The van der Waals surface area contributed by atoms with Crippen LogP contribution in [0.25, 0.3) is 10.9 Å². The summed E-state index contributed by atoms with van der Waals surface area (Å²) in [6.07, 6.45) is 2.87. The summed E-state index contributed by atoms with van der Waals surface area (Å²) in [6, 6.07) is 26.0. The molecule has 0 amide bonds. The quantitative estimate of drug-likeness (QED) is 0.350. The standard InChI is InChI=1S/C26H25NO3/c1-2-16-29-26(28)22-11-6-10-21(17-22)18-27-15-14-23-24(27)12-7-13-25(23)30-19-20-8-4-3-5-9-20/h3-15,17H,2,16,18-19H2,1H3. The highest BCUT2D eigenvalue weighted by atomic mass is 16.5. The third-order valence-corrected chi connectivity index (χ3v) is 4.96. The molecule has 0 radical (unpaired) electrons. The van der Waals surface area contributed by atoms with Gasteiger partial charge < -0.3 is 14.0 Å². The monoisotopic (exact) mass is 399 g/mol. The molecule has 152 valence electrons. The number of ether oxygens (including phenoxy) is 2. The van der Waals surface area contributed by atoms with Crippen molar-refractivity contribution in [3.63, 3.8) is 0 Å². The molecule has 0 saturated heterocycles. The number of hydrogen-bond donors (Lipinski definition) is 0. The number of nitrogens with zero attached hydrogens (tertiary/aromatic N) is 1. The molecule has 30 heavy (non-hydrogen) atoms. The summed E-state index contributed by atoms with van der Waals surface area (Å²) in [5.74, 6) is 0.597. The van der Waals surface area contributed by atoms with Crippen molar-refractivity contribution in [1.82, 2.24) is 4.57 Å². The molecule has 4 nitrogen and oxygen atoms in total. The van der Waals surface area contributed by atoms with Crippen molar-refractivity contribution in [2.75, 3.05) is 6.61 Å². The van der Waals surface area contributed by atoms with E-state index in [1.54, 1.807) is 6.07 Å². The van der Waals surface area contributed by atoms with Gasteiger partial charge in [0.15, 0.2) is 0 Å². The summed E-state index contributed by atoms with van der Waals surface area (Å²) in [7, 11) is 0. The maximum Gasteiger partial charge on any atom is 0.338 e. The molecule has 4 heteroatoms. The van der Waals surface area contributed by atoms with Gasteiger partial charge in [0.2, 0.25) is 0 Å². The van der Waals surface area contributed by atoms with Gasteiger partial charge in [0, 0.05) is 18.1 Å². The molecule has 3 aromatic carbocycles. The lowest BCUT2D eigenvalue weighted by molar-refractivity contribution is 0.0505. The Morgan fingerprint density at radius 2 is 1.70 bits per heavy atom. The SMILES string of the molecule is CCCOC(=O)c1cccc(Cn2ccc3c(OCc4ccccc4)cccc32)c1. The van der Waals surface area contributed by atoms with Gasteiger partial charge >= 0.3 is 5.97 Å². The van der Waals surface area contributed by atoms with E-state index in [2.05, 4.69) is 35.0 Å². The van der Waals surface area contributed by atoms with Crippen molar-refractivity contribution in [2.45, 2.75) is 26.5 Å². The Morgan fingerprint density at radius 1 is 0.900 bits per heavy atom. The molecule has 0 bridgehead atoms. The number of benzene rings is 3. The molecule has 4 aromatic rings. The summed E-state index contributed by atoms with van der Waals surface area (Å²) in [6.45, 7) is 3.63. The van der Waals surface area contributed by atoms with Crippen molar-refractivity contribution in [3.05, 3.63) is 102 Å².